The average molecular weight is 627 g/mol. The summed E-state index contributed by atoms with van der Waals surface area (Å²) < 4.78 is 0. The lowest BCUT2D eigenvalue weighted by Crippen LogP contribution is -2.46. The highest BCUT2D eigenvalue weighted by Gasteiger charge is 2.33. The molecule has 0 spiro atoms. The van der Waals surface area contributed by atoms with Gasteiger partial charge in [-0.1, -0.05) is 36.4 Å². The maximum Gasteiger partial charge on any atom is 0.280 e. The van der Waals surface area contributed by atoms with Gasteiger partial charge in [0.05, 0.1) is 29.1 Å². The first-order valence-corrected chi connectivity index (χ1v) is 15.5. The summed E-state index contributed by atoms with van der Waals surface area (Å²) in [7, 11) is 4.20. The van der Waals surface area contributed by atoms with Gasteiger partial charge < -0.3 is 30.6 Å². The van der Waals surface area contributed by atoms with Crippen molar-refractivity contribution in [2.45, 2.75) is 0 Å². The Balaban J connectivity index is 0.00000204. The monoisotopic (exact) mass is 626 g/mol. The fourth-order valence-corrected chi connectivity index (χ4v) is 5.97. The van der Waals surface area contributed by atoms with E-state index in [9.17, 15) is 19.5 Å². The van der Waals surface area contributed by atoms with Crippen molar-refractivity contribution in [2.75, 3.05) is 86.1 Å². The number of likely N-dealkylation sites (N-methyl/N-ethyl adjacent to an activating group) is 2. The van der Waals surface area contributed by atoms with Gasteiger partial charge in [-0.25, -0.2) is 4.99 Å². The number of aliphatic imine (C=N–C) groups is 1. The number of ketones is 1. The molecule has 2 saturated heterocycles. The van der Waals surface area contributed by atoms with Crippen molar-refractivity contribution in [1.82, 2.24) is 29.9 Å². The zero-order valence-electron chi connectivity index (χ0n) is 26.5. The third-order valence-corrected chi connectivity index (χ3v) is 8.83. The maximum absolute atomic E-state index is 13.1. The number of aromatic nitrogens is 1. The summed E-state index contributed by atoms with van der Waals surface area (Å²) in [5.41, 5.74) is 3.85. The number of carbonyl (C=O) groups excluding carboxylic acids is 3. The van der Waals surface area contributed by atoms with Gasteiger partial charge in [0.25, 0.3) is 11.8 Å². The Kier molecular flexibility index (Phi) is 10.5. The molecule has 6 rings (SSSR count). The highest BCUT2D eigenvalue weighted by Crippen LogP contribution is 2.38. The first kappa shape index (κ1) is 32.9. The molecule has 0 atom stereocenters. The molecule has 46 heavy (non-hydrogen) atoms. The number of fused-ring (bicyclic) bond motifs is 1. The standard InChI is InChI=1S/C33H39N7O4.CH3N/c1-37-13-17-39(18-14-37)12-11-34-31(42)25-9-7-24(8-10-25)30-28-27(32(43)36-30)29(35-33(28)44)23-5-3-22(4-6-23)26(41)21-40-19-15-38(2)16-20-40;1-2/h3-10,35,44H,11-21H2,1-2H3,(H,34,42);2H,1H2. The van der Waals surface area contributed by atoms with E-state index in [1.807, 2.05) is 0 Å². The second kappa shape index (κ2) is 14.7. The van der Waals surface area contributed by atoms with E-state index in [4.69, 9.17) is 5.41 Å². The molecular weight excluding hydrogens is 584 g/mol. The second-order valence-corrected chi connectivity index (χ2v) is 11.9. The SMILES string of the molecule is C=N.CN1CCN(CCNC(=O)c2ccc(C3=NC(=O)c4c(-c5ccc(C(=O)CN6CCN(C)CC6)cc5)[nH]c(O)c43)cc2)CC1. The van der Waals surface area contributed by atoms with Crippen LogP contribution in [0.4, 0.5) is 0 Å². The minimum atomic E-state index is -0.456. The van der Waals surface area contributed by atoms with Gasteiger partial charge >= 0.3 is 0 Å². The Hall–Kier alpha value is -4.49. The van der Waals surface area contributed by atoms with E-state index in [0.29, 0.717) is 57.9 Å². The van der Waals surface area contributed by atoms with Crippen LogP contribution >= 0.6 is 0 Å². The lowest BCUT2D eigenvalue weighted by molar-refractivity contribution is 0.0875. The van der Waals surface area contributed by atoms with Crippen molar-refractivity contribution in [1.29, 1.82) is 5.41 Å². The molecule has 242 valence electrons. The summed E-state index contributed by atoms with van der Waals surface area (Å²) in [5.74, 6) is -0.717. The summed E-state index contributed by atoms with van der Waals surface area (Å²) >= 11 is 0. The number of amides is 2. The van der Waals surface area contributed by atoms with E-state index in [-0.39, 0.29) is 17.6 Å². The Bertz CT molecular complexity index is 1580. The van der Waals surface area contributed by atoms with Gasteiger partial charge in [-0.2, -0.15) is 0 Å². The fourth-order valence-electron chi connectivity index (χ4n) is 5.97. The molecule has 12 heteroatoms. The average Bonchev–Trinajstić information content (AvgIpc) is 3.61. The Morgan fingerprint density at radius 2 is 1.37 bits per heavy atom. The van der Waals surface area contributed by atoms with Crippen LogP contribution in [-0.2, 0) is 0 Å². The van der Waals surface area contributed by atoms with Gasteiger partial charge in [-0.05, 0) is 38.5 Å². The number of piperazine rings is 2. The first-order valence-electron chi connectivity index (χ1n) is 15.5. The molecule has 0 radical (unpaired) electrons. The molecule has 3 aromatic rings. The zero-order valence-corrected chi connectivity index (χ0v) is 26.5. The highest BCUT2D eigenvalue weighted by atomic mass is 16.3. The molecule has 3 aliphatic heterocycles. The molecule has 3 aliphatic rings. The van der Waals surface area contributed by atoms with Crippen molar-refractivity contribution in [2.24, 2.45) is 4.99 Å². The quantitative estimate of drug-likeness (QED) is 0.208. The predicted octanol–water partition coefficient (Wildman–Crippen LogP) is 2.05. The third-order valence-electron chi connectivity index (χ3n) is 8.83. The zero-order chi connectivity index (χ0) is 32.8. The minimum absolute atomic E-state index is 0.0505. The van der Waals surface area contributed by atoms with Gasteiger partial charge in [0.15, 0.2) is 11.7 Å². The van der Waals surface area contributed by atoms with E-state index in [0.717, 1.165) is 58.9 Å². The van der Waals surface area contributed by atoms with E-state index in [1.54, 1.807) is 48.5 Å². The molecule has 2 fully saturated rings. The number of hydrogen-bond acceptors (Lipinski definition) is 9. The van der Waals surface area contributed by atoms with E-state index >= 15 is 0 Å². The number of H-pyrrole nitrogens is 1. The number of aromatic hydroxyl groups is 1. The molecule has 0 aliphatic carbocycles. The number of benzene rings is 2. The van der Waals surface area contributed by atoms with Gasteiger partial charge in [-0.15, -0.1) is 0 Å². The number of aromatic amines is 1. The van der Waals surface area contributed by atoms with E-state index in [1.165, 1.54) is 0 Å². The van der Waals surface area contributed by atoms with Crippen LogP contribution in [0.5, 0.6) is 5.88 Å². The summed E-state index contributed by atoms with van der Waals surface area (Å²) in [6, 6.07) is 14.0. The van der Waals surface area contributed by atoms with Crippen LogP contribution < -0.4 is 5.32 Å². The van der Waals surface area contributed by atoms with Gasteiger partial charge in [0.2, 0.25) is 0 Å². The molecular formula is C34H42N8O4. The molecule has 4 heterocycles. The molecule has 0 saturated carbocycles. The number of Topliss-reactive ketones (excluding diaryl/α,β-unsaturated/α-hetero) is 1. The lowest BCUT2D eigenvalue weighted by atomic mass is 9.98. The number of hydrogen-bond donors (Lipinski definition) is 4. The highest BCUT2D eigenvalue weighted by molar-refractivity contribution is 6.30. The molecule has 1 aromatic heterocycles. The summed E-state index contributed by atoms with van der Waals surface area (Å²) in [4.78, 5) is 54.9. The summed E-state index contributed by atoms with van der Waals surface area (Å²) in [5, 5.41) is 19.3. The Morgan fingerprint density at radius 3 is 1.98 bits per heavy atom. The van der Waals surface area contributed by atoms with Crippen molar-refractivity contribution < 1.29 is 19.5 Å². The molecule has 4 N–H and O–H groups in total. The molecule has 2 amide bonds. The molecule has 12 nitrogen and oxygen atoms in total. The second-order valence-electron chi connectivity index (χ2n) is 11.9. The third kappa shape index (κ3) is 7.31. The number of nitrogens with zero attached hydrogens (tertiary/aromatic N) is 5. The Morgan fingerprint density at radius 1 is 0.826 bits per heavy atom. The van der Waals surface area contributed by atoms with Crippen LogP contribution in [0.25, 0.3) is 11.3 Å². The smallest absolute Gasteiger partial charge is 0.280 e. The molecule has 2 aromatic carbocycles. The molecule has 0 unspecified atom stereocenters. The number of rotatable bonds is 9. The van der Waals surface area contributed by atoms with Crippen LogP contribution in [0.3, 0.4) is 0 Å². The van der Waals surface area contributed by atoms with Crippen molar-refractivity contribution in [3.63, 3.8) is 0 Å². The lowest BCUT2D eigenvalue weighted by Gasteiger charge is -2.32. The summed E-state index contributed by atoms with van der Waals surface area (Å²) in [6.07, 6.45) is 0. The number of nitrogens with one attached hydrogen (secondary N) is 3. The van der Waals surface area contributed by atoms with Crippen molar-refractivity contribution in [3.05, 3.63) is 76.3 Å². The summed E-state index contributed by atoms with van der Waals surface area (Å²) in [6.45, 7) is 11.9. The van der Waals surface area contributed by atoms with Crippen LogP contribution in [0.1, 0.15) is 42.2 Å². The van der Waals surface area contributed by atoms with Crippen LogP contribution in [-0.4, -0.2) is 146 Å². The largest absolute Gasteiger partial charge is 0.494 e. The fraction of sp³-hybridized carbons (Fsp3) is 0.382. The van der Waals surface area contributed by atoms with Crippen molar-refractivity contribution in [3.8, 4) is 17.1 Å². The normalized spacial score (nSPS) is 17.6. The topological polar surface area (TPSA) is 148 Å². The van der Waals surface area contributed by atoms with Crippen LogP contribution in [0, 0.1) is 5.41 Å². The Labute approximate surface area is 269 Å². The van der Waals surface area contributed by atoms with Gasteiger partial charge in [0.1, 0.15) is 0 Å². The van der Waals surface area contributed by atoms with Gasteiger partial charge in [0, 0.05) is 82.1 Å². The number of carbonyl (C=O) groups is 3. The van der Waals surface area contributed by atoms with E-state index < -0.39 is 5.91 Å². The molecule has 0 bridgehead atoms. The first-order chi connectivity index (χ1) is 22.3. The van der Waals surface area contributed by atoms with Crippen molar-refractivity contribution >= 4 is 30.0 Å². The van der Waals surface area contributed by atoms with E-state index in [2.05, 4.69) is 55.7 Å². The van der Waals surface area contributed by atoms with Gasteiger partial charge in [-0.3, -0.25) is 24.2 Å². The van der Waals surface area contributed by atoms with Crippen LogP contribution in [0.2, 0.25) is 0 Å². The minimum Gasteiger partial charge on any atom is -0.494 e. The predicted molar refractivity (Wildman–Crippen MR) is 179 cm³/mol. The maximum atomic E-state index is 13.1. The van der Waals surface area contributed by atoms with Crippen LogP contribution in [0.15, 0.2) is 53.5 Å².